The summed E-state index contributed by atoms with van der Waals surface area (Å²) in [5.41, 5.74) is 4.35. The molecule has 9 heteroatoms. The number of aryl methyl sites for hydroxylation is 2. The number of hydrogen-bond donors (Lipinski definition) is 3. The van der Waals surface area contributed by atoms with Crippen molar-refractivity contribution in [2.75, 3.05) is 55.7 Å². The number of rotatable bonds is 5. The Hall–Kier alpha value is -3.20. The van der Waals surface area contributed by atoms with Crippen LogP contribution in [0.25, 0.3) is 10.9 Å². The van der Waals surface area contributed by atoms with Crippen LogP contribution in [0, 0.1) is 13.8 Å². The van der Waals surface area contributed by atoms with Crippen LogP contribution in [-0.2, 0) is 4.79 Å². The molecule has 0 saturated carbocycles. The molecule has 3 amide bonds. The second-order valence-corrected chi connectivity index (χ2v) is 9.12. The van der Waals surface area contributed by atoms with E-state index < -0.39 is 0 Å². The Labute approximate surface area is 204 Å². The number of pyridine rings is 1. The topological polar surface area (TPSA) is 89.6 Å². The van der Waals surface area contributed by atoms with Gasteiger partial charge in [-0.05, 0) is 62.9 Å². The molecule has 3 N–H and O–H groups in total. The molecule has 2 aromatic carbocycles. The van der Waals surface area contributed by atoms with Crippen LogP contribution in [0.5, 0.6) is 0 Å². The molecule has 0 atom stereocenters. The Morgan fingerprint density at radius 1 is 0.941 bits per heavy atom. The Kier molecular flexibility index (Phi) is 7.31. The van der Waals surface area contributed by atoms with Gasteiger partial charge in [0.2, 0.25) is 5.91 Å². The van der Waals surface area contributed by atoms with Crippen molar-refractivity contribution in [2.24, 2.45) is 0 Å². The van der Waals surface area contributed by atoms with Crippen molar-refractivity contribution in [1.29, 1.82) is 0 Å². The first kappa shape index (κ1) is 23.9. The molecular formula is C25H29ClN6O2. The quantitative estimate of drug-likeness (QED) is 0.505. The Balaban J connectivity index is 1.47. The van der Waals surface area contributed by atoms with Crippen molar-refractivity contribution < 1.29 is 9.59 Å². The Bertz CT molecular complexity index is 1220. The van der Waals surface area contributed by atoms with Gasteiger partial charge in [0.1, 0.15) is 0 Å². The molecule has 178 valence electrons. The first-order valence-electron chi connectivity index (χ1n) is 11.2. The minimum Gasteiger partial charge on any atom is -0.324 e. The minimum absolute atomic E-state index is 0.0659. The molecule has 1 aromatic heterocycles. The highest BCUT2D eigenvalue weighted by Crippen LogP contribution is 2.27. The van der Waals surface area contributed by atoms with Crippen LogP contribution in [-0.4, -0.2) is 66.5 Å². The van der Waals surface area contributed by atoms with Crippen LogP contribution in [0.3, 0.4) is 0 Å². The average Bonchev–Trinajstić information content (AvgIpc) is 2.78. The van der Waals surface area contributed by atoms with Gasteiger partial charge >= 0.3 is 6.03 Å². The number of aromatic nitrogens is 1. The summed E-state index contributed by atoms with van der Waals surface area (Å²) in [5.74, 6) is -0.0659. The number of benzene rings is 2. The van der Waals surface area contributed by atoms with E-state index in [0.717, 1.165) is 48.3 Å². The maximum atomic E-state index is 12.8. The highest BCUT2D eigenvalue weighted by atomic mass is 35.5. The minimum atomic E-state index is -0.389. The standard InChI is InChI=1S/C25H29ClN6O2/c1-16-4-5-19(14-21(16)26)29-25(34)28-18-6-7-22-20(13-18)23(12-17(2)27-22)30-24(33)15-32-10-8-31(3)9-11-32/h4-7,12-14H,8-11,15H2,1-3H3,(H,27,30,33)(H2,28,29,34). The number of hydrogen-bond acceptors (Lipinski definition) is 5. The number of piperazine rings is 1. The molecule has 0 unspecified atom stereocenters. The van der Waals surface area contributed by atoms with Gasteiger partial charge in [-0.1, -0.05) is 17.7 Å². The van der Waals surface area contributed by atoms with Gasteiger partial charge in [0.15, 0.2) is 0 Å². The van der Waals surface area contributed by atoms with Crippen LogP contribution in [0.2, 0.25) is 5.02 Å². The van der Waals surface area contributed by atoms with Gasteiger partial charge in [-0.3, -0.25) is 14.7 Å². The molecule has 2 heterocycles. The van der Waals surface area contributed by atoms with Crippen LogP contribution in [0.4, 0.5) is 21.9 Å². The molecule has 8 nitrogen and oxygen atoms in total. The first-order valence-corrected chi connectivity index (χ1v) is 11.6. The van der Waals surface area contributed by atoms with E-state index in [-0.39, 0.29) is 11.9 Å². The number of likely N-dealkylation sites (N-methyl/N-ethyl adjacent to an activating group) is 1. The highest BCUT2D eigenvalue weighted by molar-refractivity contribution is 6.31. The zero-order valence-corrected chi connectivity index (χ0v) is 20.4. The molecule has 3 aromatic rings. The van der Waals surface area contributed by atoms with Crippen molar-refractivity contribution in [2.45, 2.75) is 13.8 Å². The predicted octanol–water partition coefficient (Wildman–Crippen LogP) is 4.33. The summed E-state index contributed by atoms with van der Waals surface area (Å²) in [6.45, 7) is 7.79. The summed E-state index contributed by atoms with van der Waals surface area (Å²) in [5, 5.41) is 10.00. The summed E-state index contributed by atoms with van der Waals surface area (Å²) < 4.78 is 0. The number of urea groups is 1. The predicted molar refractivity (Wildman–Crippen MR) is 138 cm³/mol. The van der Waals surface area contributed by atoms with E-state index in [9.17, 15) is 9.59 Å². The van der Waals surface area contributed by atoms with Crippen LogP contribution >= 0.6 is 11.6 Å². The summed E-state index contributed by atoms with van der Waals surface area (Å²) in [6.07, 6.45) is 0. The zero-order valence-electron chi connectivity index (χ0n) is 19.6. The van der Waals surface area contributed by atoms with Gasteiger partial charge in [-0.2, -0.15) is 0 Å². The van der Waals surface area contributed by atoms with E-state index in [2.05, 4.69) is 37.8 Å². The van der Waals surface area contributed by atoms with E-state index in [4.69, 9.17) is 11.6 Å². The fraction of sp³-hybridized carbons (Fsp3) is 0.320. The molecule has 1 aliphatic rings. The number of fused-ring (bicyclic) bond motifs is 1. The molecule has 4 rings (SSSR count). The molecule has 1 fully saturated rings. The van der Waals surface area contributed by atoms with Crippen molar-refractivity contribution >= 4 is 51.5 Å². The van der Waals surface area contributed by atoms with E-state index >= 15 is 0 Å². The van der Waals surface area contributed by atoms with E-state index in [1.54, 1.807) is 18.2 Å². The monoisotopic (exact) mass is 480 g/mol. The van der Waals surface area contributed by atoms with Gasteiger partial charge in [0.05, 0.1) is 17.7 Å². The number of carbonyl (C=O) groups excluding carboxylic acids is 2. The lowest BCUT2D eigenvalue weighted by Gasteiger charge is -2.31. The average molecular weight is 481 g/mol. The molecular weight excluding hydrogens is 452 g/mol. The van der Waals surface area contributed by atoms with Gasteiger partial charge in [-0.15, -0.1) is 0 Å². The van der Waals surface area contributed by atoms with Crippen molar-refractivity contribution in [3.05, 3.63) is 58.7 Å². The summed E-state index contributed by atoms with van der Waals surface area (Å²) in [4.78, 5) is 34.2. The van der Waals surface area contributed by atoms with Crippen LogP contribution < -0.4 is 16.0 Å². The van der Waals surface area contributed by atoms with E-state index in [1.165, 1.54) is 0 Å². The summed E-state index contributed by atoms with van der Waals surface area (Å²) in [7, 11) is 2.09. The third-order valence-corrected chi connectivity index (χ3v) is 6.27. The largest absolute Gasteiger partial charge is 0.324 e. The zero-order chi connectivity index (χ0) is 24.2. The fourth-order valence-electron chi connectivity index (χ4n) is 3.90. The molecule has 0 aliphatic carbocycles. The molecule has 1 saturated heterocycles. The lowest BCUT2D eigenvalue weighted by atomic mass is 10.1. The number of amides is 3. The molecule has 1 aliphatic heterocycles. The number of carbonyl (C=O) groups is 2. The van der Waals surface area contributed by atoms with Crippen molar-refractivity contribution in [3.63, 3.8) is 0 Å². The Morgan fingerprint density at radius 2 is 1.62 bits per heavy atom. The molecule has 0 radical (unpaired) electrons. The molecule has 0 spiro atoms. The fourth-order valence-corrected chi connectivity index (χ4v) is 4.08. The van der Waals surface area contributed by atoms with Gasteiger partial charge in [-0.25, -0.2) is 4.79 Å². The van der Waals surface area contributed by atoms with Crippen LogP contribution in [0.1, 0.15) is 11.3 Å². The Morgan fingerprint density at radius 3 is 2.32 bits per heavy atom. The number of nitrogens with zero attached hydrogens (tertiary/aromatic N) is 3. The maximum absolute atomic E-state index is 12.8. The first-order chi connectivity index (χ1) is 16.3. The number of anilines is 3. The van der Waals surface area contributed by atoms with Gasteiger partial charge in [0, 0.05) is 53.7 Å². The second-order valence-electron chi connectivity index (χ2n) is 8.71. The van der Waals surface area contributed by atoms with Crippen molar-refractivity contribution in [1.82, 2.24) is 14.8 Å². The number of nitrogens with one attached hydrogen (secondary N) is 3. The van der Waals surface area contributed by atoms with E-state index in [0.29, 0.717) is 28.6 Å². The number of halogens is 1. The summed E-state index contributed by atoms with van der Waals surface area (Å²) >= 11 is 6.14. The van der Waals surface area contributed by atoms with E-state index in [1.807, 2.05) is 38.1 Å². The lowest BCUT2D eigenvalue weighted by molar-refractivity contribution is -0.117. The SMILES string of the molecule is Cc1cc(NC(=O)CN2CCN(C)CC2)c2cc(NC(=O)Nc3ccc(C)c(Cl)c3)ccc2n1. The third kappa shape index (κ3) is 6.02. The van der Waals surface area contributed by atoms with Crippen LogP contribution in [0.15, 0.2) is 42.5 Å². The smallest absolute Gasteiger partial charge is 0.323 e. The van der Waals surface area contributed by atoms with Gasteiger partial charge in [0.25, 0.3) is 0 Å². The molecule has 34 heavy (non-hydrogen) atoms. The maximum Gasteiger partial charge on any atom is 0.323 e. The lowest BCUT2D eigenvalue weighted by Crippen LogP contribution is -2.47. The van der Waals surface area contributed by atoms with Crippen molar-refractivity contribution in [3.8, 4) is 0 Å². The normalized spacial score (nSPS) is 14.7. The highest BCUT2D eigenvalue weighted by Gasteiger charge is 2.17. The summed E-state index contributed by atoms with van der Waals surface area (Å²) in [6, 6.07) is 12.2. The molecule has 0 bridgehead atoms. The third-order valence-electron chi connectivity index (χ3n) is 5.86. The van der Waals surface area contributed by atoms with Gasteiger partial charge < -0.3 is 20.9 Å². The second kappa shape index (κ2) is 10.4.